The minimum atomic E-state index is 0.195. The first-order chi connectivity index (χ1) is 21.7. The highest BCUT2D eigenvalue weighted by molar-refractivity contribution is 6.11. The summed E-state index contributed by atoms with van der Waals surface area (Å²) in [5.74, 6) is 0.828. The lowest BCUT2D eigenvalue weighted by Gasteiger charge is -2.15. The van der Waals surface area contributed by atoms with E-state index >= 15 is 0 Å². The van der Waals surface area contributed by atoms with Crippen LogP contribution in [0.3, 0.4) is 0 Å². The van der Waals surface area contributed by atoms with Crippen LogP contribution in [-0.4, -0.2) is 16.7 Å². The number of aromatic nitrogens is 1. The molecule has 1 heterocycles. The van der Waals surface area contributed by atoms with Crippen molar-refractivity contribution < 1.29 is 0 Å². The molecule has 5 nitrogen and oxygen atoms in total. The molecule has 0 spiro atoms. The first kappa shape index (κ1) is 28.5. The number of nitrogens with two attached hydrogens (primary N) is 1. The molecule has 0 aliphatic heterocycles. The lowest BCUT2D eigenvalue weighted by atomic mass is 9.94. The van der Waals surface area contributed by atoms with Gasteiger partial charge in [0.1, 0.15) is 5.84 Å². The van der Waals surface area contributed by atoms with Gasteiger partial charge >= 0.3 is 0 Å². The number of hydrogen-bond acceptors (Lipinski definition) is 3. The van der Waals surface area contributed by atoms with Crippen molar-refractivity contribution in [2.24, 2.45) is 10.7 Å². The van der Waals surface area contributed by atoms with Gasteiger partial charge in [0.25, 0.3) is 0 Å². The molecule has 44 heavy (non-hydrogen) atoms. The summed E-state index contributed by atoms with van der Waals surface area (Å²) in [6.07, 6.45) is 1.81. The van der Waals surface area contributed by atoms with Crippen LogP contribution in [0, 0.1) is 5.41 Å². The van der Waals surface area contributed by atoms with E-state index in [0.29, 0.717) is 18.9 Å². The SMILES string of the molecule is N=C(/N=C(\NCc1ccccc1)c1cc(-c2ccc(CN)cc2)cc(-c2ccc(-c3ccccn3)cc2)c1)c1ccccc1. The highest BCUT2D eigenvalue weighted by atomic mass is 15.0. The molecule has 0 aliphatic rings. The molecule has 5 heteroatoms. The van der Waals surface area contributed by atoms with Crippen LogP contribution in [0.2, 0.25) is 0 Å². The van der Waals surface area contributed by atoms with Crippen LogP contribution in [0.15, 0.2) is 157 Å². The van der Waals surface area contributed by atoms with E-state index in [4.69, 9.17) is 16.1 Å². The van der Waals surface area contributed by atoms with Crippen molar-refractivity contribution >= 4 is 11.7 Å². The van der Waals surface area contributed by atoms with Crippen molar-refractivity contribution in [1.82, 2.24) is 10.3 Å². The van der Waals surface area contributed by atoms with Gasteiger partial charge in [-0.05, 0) is 63.7 Å². The van der Waals surface area contributed by atoms with Crippen LogP contribution in [0.25, 0.3) is 33.5 Å². The second-order valence-corrected chi connectivity index (χ2v) is 10.5. The second-order valence-electron chi connectivity index (χ2n) is 10.5. The number of nitrogens with zero attached hydrogens (tertiary/aromatic N) is 2. The Morgan fingerprint density at radius 2 is 1.18 bits per heavy atom. The van der Waals surface area contributed by atoms with Gasteiger partial charge in [0.15, 0.2) is 5.84 Å². The Morgan fingerprint density at radius 1 is 0.591 bits per heavy atom. The average Bonchev–Trinajstić information content (AvgIpc) is 3.11. The molecule has 214 valence electrons. The summed E-state index contributed by atoms with van der Waals surface area (Å²) in [5.41, 5.74) is 16.0. The molecule has 6 rings (SSSR count). The Hall–Kier alpha value is -5.65. The molecule has 0 atom stereocenters. The van der Waals surface area contributed by atoms with Crippen LogP contribution < -0.4 is 11.1 Å². The zero-order valence-electron chi connectivity index (χ0n) is 24.3. The molecular weight excluding hydrogens is 538 g/mol. The number of benzene rings is 5. The first-order valence-corrected chi connectivity index (χ1v) is 14.6. The van der Waals surface area contributed by atoms with E-state index in [0.717, 1.165) is 55.8 Å². The zero-order valence-corrected chi connectivity index (χ0v) is 24.3. The van der Waals surface area contributed by atoms with Gasteiger partial charge in [0.05, 0.1) is 5.69 Å². The topological polar surface area (TPSA) is 87.2 Å². The van der Waals surface area contributed by atoms with Crippen LogP contribution >= 0.6 is 0 Å². The minimum Gasteiger partial charge on any atom is -0.365 e. The van der Waals surface area contributed by atoms with Crippen LogP contribution in [-0.2, 0) is 13.1 Å². The minimum absolute atomic E-state index is 0.195. The third kappa shape index (κ3) is 6.86. The smallest absolute Gasteiger partial charge is 0.154 e. The summed E-state index contributed by atoms with van der Waals surface area (Å²) < 4.78 is 0. The maximum absolute atomic E-state index is 8.83. The van der Waals surface area contributed by atoms with Gasteiger partial charge in [-0.2, -0.15) is 0 Å². The number of amidine groups is 2. The first-order valence-electron chi connectivity index (χ1n) is 14.6. The van der Waals surface area contributed by atoms with Crippen molar-refractivity contribution in [1.29, 1.82) is 5.41 Å². The van der Waals surface area contributed by atoms with Crippen molar-refractivity contribution in [2.45, 2.75) is 13.1 Å². The fourth-order valence-corrected chi connectivity index (χ4v) is 5.06. The van der Waals surface area contributed by atoms with Gasteiger partial charge in [-0.1, -0.05) is 115 Å². The van der Waals surface area contributed by atoms with Gasteiger partial charge < -0.3 is 11.1 Å². The van der Waals surface area contributed by atoms with E-state index in [-0.39, 0.29) is 5.84 Å². The van der Waals surface area contributed by atoms with E-state index < -0.39 is 0 Å². The van der Waals surface area contributed by atoms with Crippen LogP contribution in [0.1, 0.15) is 22.3 Å². The quantitative estimate of drug-likeness (QED) is 0.127. The summed E-state index contributed by atoms with van der Waals surface area (Å²) in [4.78, 5) is 9.35. The lowest BCUT2D eigenvalue weighted by molar-refractivity contribution is 0.915. The molecule has 0 radical (unpaired) electrons. The molecule has 5 aromatic carbocycles. The molecule has 0 amide bonds. The molecule has 0 saturated heterocycles. The predicted molar refractivity (Wildman–Crippen MR) is 182 cm³/mol. The molecule has 1 aromatic heterocycles. The largest absolute Gasteiger partial charge is 0.365 e. The fraction of sp³-hybridized carbons (Fsp3) is 0.0513. The predicted octanol–water partition coefficient (Wildman–Crippen LogP) is 8.10. The van der Waals surface area contributed by atoms with Crippen molar-refractivity contribution in [3.63, 3.8) is 0 Å². The van der Waals surface area contributed by atoms with Gasteiger partial charge in [0.2, 0.25) is 0 Å². The number of nitrogens with one attached hydrogen (secondary N) is 2. The third-order valence-electron chi connectivity index (χ3n) is 7.48. The van der Waals surface area contributed by atoms with Crippen molar-refractivity contribution in [3.8, 4) is 33.5 Å². The van der Waals surface area contributed by atoms with E-state index in [1.54, 1.807) is 0 Å². The molecule has 0 fully saturated rings. The standard InChI is InChI=1S/C39H33N5/c40-26-28-14-16-30(17-15-28)34-23-35(31-18-20-32(21-19-31)37-13-7-8-22-42-37)25-36(24-34)39(43-27-29-9-3-1-4-10-29)44-38(41)33-11-5-2-6-12-33/h1-25H,26-27,40H2,(H2,41,43,44). The molecule has 0 unspecified atom stereocenters. The van der Waals surface area contributed by atoms with E-state index in [2.05, 4.69) is 89.2 Å². The summed E-state index contributed by atoms with van der Waals surface area (Å²) in [7, 11) is 0. The van der Waals surface area contributed by atoms with Gasteiger partial charge in [0, 0.05) is 36.0 Å². The van der Waals surface area contributed by atoms with E-state index in [9.17, 15) is 0 Å². The Morgan fingerprint density at radius 3 is 1.80 bits per heavy atom. The number of pyridine rings is 1. The summed E-state index contributed by atoms with van der Waals surface area (Å²) in [5, 5.41) is 12.4. The van der Waals surface area contributed by atoms with Gasteiger partial charge in [-0.25, -0.2) is 4.99 Å². The summed E-state index contributed by atoms with van der Waals surface area (Å²) in [6, 6.07) is 49.1. The van der Waals surface area contributed by atoms with Crippen LogP contribution in [0.4, 0.5) is 0 Å². The second kappa shape index (κ2) is 13.6. The van der Waals surface area contributed by atoms with Crippen LogP contribution in [0.5, 0.6) is 0 Å². The number of rotatable bonds is 8. The highest BCUT2D eigenvalue weighted by Gasteiger charge is 2.13. The number of aliphatic imine (C=N–C) groups is 1. The lowest BCUT2D eigenvalue weighted by Crippen LogP contribution is -2.25. The molecule has 0 saturated carbocycles. The van der Waals surface area contributed by atoms with Gasteiger partial charge in [-0.15, -0.1) is 0 Å². The Labute approximate surface area is 258 Å². The molecule has 6 aromatic rings. The zero-order chi connectivity index (χ0) is 30.1. The van der Waals surface area contributed by atoms with Crippen molar-refractivity contribution in [2.75, 3.05) is 0 Å². The maximum atomic E-state index is 8.83. The molecule has 0 bridgehead atoms. The monoisotopic (exact) mass is 571 g/mol. The molecule has 4 N–H and O–H groups in total. The average molecular weight is 572 g/mol. The van der Waals surface area contributed by atoms with E-state index in [1.165, 1.54) is 0 Å². The maximum Gasteiger partial charge on any atom is 0.154 e. The Bertz CT molecular complexity index is 1860. The Kier molecular flexibility index (Phi) is 8.77. The Balaban J connectivity index is 1.45. The normalized spacial score (nSPS) is 11.2. The van der Waals surface area contributed by atoms with E-state index in [1.807, 2.05) is 72.9 Å². The van der Waals surface area contributed by atoms with Gasteiger partial charge in [-0.3, -0.25) is 10.4 Å². The summed E-state index contributed by atoms with van der Waals surface area (Å²) in [6.45, 7) is 1.07. The summed E-state index contributed by atoms with van der Waals surface area (Å²) >= 11 is 0. The van der Waals surface area contributed by atoms with Crippen molar-refractivity contribution in [3.05, 3.63) is 174 Å². The highest BCUT2D eigenvalue weighted by Crippen LogP contribution is 2.30. The molecule has 0 aliphatic carbocycles. The fourth-order valence-electron chi connectivity index (χ4n) is 5.06. The third-order valence-corrected chi connectivity index (χ3v) is 7.48. The number of hydrogen-bond donors (Lipinski definition) is 3. The molecular formula is C39H33N5.